The number of aromatic nitrogens is 2. The highest BCUT2D eigenvalue weighted by atomic mass is 32.2. The molecule has 1 unspecified atom stereocenters. The number of rotatable bonds is 3. The van der Waals surface area contributed by atoms with Gasteiger partial charge in [0.1, 0.15) is 5.37 Å². The van der Waals surface area contributed by atoms with Gasteiger partial charge in [-0.1, -0.05) is 6.07 Å². The number of fused-ring (bicyclic) bond motifs is 1. The molecule has 1 aromatic carbocycles. The maximum atomic E-state index is 12.6. The highest BCUT2D eigenvalue weighted by molar-refractivity contribution is 8.00. The van der Waals surface area contributed by atoms with Crippen molar-refractivity contribution < 1.29 is 14.3 Å². The number of nitrogens with zero attached hydrogens (tertiary/aromatic N) is 3. The van der Waals surface area contributed by atoms with Crippen molar-refractivity contribution in [1.29, 1.82) is 0 Å². The van der Waals surface area contributed by atoms with Crippen molar-refractivity contribution in [2.24, 2.45) is 0 Å². The second-order valence-corrected chi connectivity index (χ2v) is 9.11. The molecule has 0 aliphatic carbocycles. The van der Waals surface area contributed by atoms with Crippen LogP contribution in [0, 0.1) is 13.8 Å². The number of amides is 1. The van der Waals surface area contributed by atoms with Crippen LogP contribution in [0.15, 0.2) is 18.2 Å². The van der Waals surface area contributed by atoms with Crippen molar-refractivity contribution in [3.05, 3.63) is 40.7 Å². The third kappa shape index (κ3) is 3.18. The number of ether oxygens (including phenoxy) is 2. The molecular formula is C20H25N3O3S. The molecule has 0 spiro atoms. The van der Waals surface area contributed by atoms with E-state index < -0.39 is 0 Å². The van der Waals surface area contributed by atoms with Gasteiger partial charge >= 0.3 is 0 Å². The van der Waals surface area contributed by atoms with Gasteiger partial charge in [0.25, 0.3) is 0 Å². The Hall–Kier alpha value is -2.15. The fraction of sp³-hybridized carbons (Fsp3) is 0.500. The summed E-state index contributed by atoms with van der Waals surface area (Å²) in [5, 5.41) is 4.75. The van der Waals surface area contributed by atoms with Crippen molar-refractivity contribution in [3.8, 4) is 11.5 Å². The summed E-state index contributed by atoms with van der Waals surface area (Å²) in [6.07, 6.45) is 0. The first kappa shape index (κ1) is 18.2. The lowest BCUT2D eigenvalue weighted by Crippen LogP contribution is -2.28. The Morgan fingerprint density at radius 1 is 1.22 bits per heavy atom. The SMILES string of the molecule is Cc1nn(C(C)(C)C)c(C)c1C1SCC(=O)N1Cc1ccc2c(c1)OCO2. The predicted molar refractivity (Wildman–Crippen MR) is 105 cm³/mol. The minimum Gasteiger partial charge on any atom is -0.454 e. The fourth-order valence-electron chi connectivity index (χ4n) is 3.77. The van der Waals surface area contributed by atoms with Crippen LogP contribution in [0.3, 0.4) is 0 Å². The maximum Gasteiger partial charge on any atom is 0.234 e. The van der Waals surface area contributed by atoms with Gasteiger partial charge in [0.15, 0.2) is 11.5 Å². The van der Waals surface area contributed by atoms with Crippen molar-refractivity contribution >= 4 is 17.7 Å². The molecule has 0 bridgehead atoms. The standard InChI is InChI=1S/C20H25N3O3S/c1-12-18(13(2)23(21-12)20(3,4)5)19-22(17(24)10-27-19)9-14-6-7-15-16(8-14)26-11-25-15/h6-8,19H,9-11H2,1-5H3. The number of carbonyl (C=O) groups excluding carboxylic acids is 1. The predicted octanol–water partition coefficient (Wildman–Crippen LogP) is 3.76. The van der Waals surface area contributed by atoms with E-state index in [1.807, 2.05) is 30.0 Å². The summed E-state index contributed by atoms with van der Waals surface area (Å²) in [5.41, 5.74) is 4.22. The monoisotopic (exact) mass is 387 g/mol. The van der Waals surface area contributed by atoms with E-state index in [1.54, 1.807) is 11.8 Å². The summed E-state index contributed by atoms with van der Waals surface area (Å²) in [6, 6.07) is 5.88. The normalized spacial score (nSPS) is 19.2. The van der Waals surface area contributed by atoms with Gasteiger partial charge in [-0.2, -0.15) is 5.10 Å². The maximum absolute atomic E-state index is 12.6. The van der Waals surface area contributed by atoms with Crippen LogP contribution < -0.4 is 9.47 Å². The van der Waals surface area contributed by atoms with Gasteiger partial charge in [-0.3, -0.25) is 9.48 Å². The Kier molecular flexibility index (Phi) is 4.37. The summed E-state index contributed by atoms with van der Waals surface area (Å²) in [4.78, 5) is 14.6. The Morgan fingerprint density at radius 3 is 2.67 bits per heavy atom. The molecule has 0 saturated carbocycles. The van der Waals surface area contributed by atoms with Crippen LogP contribution in [0.1, 0.15) is 48.7 Å². The first-order valence-corrected chi connectivity index (χ1v) is 10.2. The van der Waals surface area contributed by atoms with Crippen molar-refractivity contribution in [1.82, 2.24) is 14.7 Å². The van der Waals surface area contributed by atoms with E-state index in [0.717, 1.165) is 34.0 Å². The lowest BCUT2D eigenvalue weighted by atomic mass is 10.1. The largest absolute Gasteiger partial charge is 0.454 e. The van der Waals surface area contributed by atoms with E-state index in [0.29, 0.717) is 12.3 Å². The average molecular weight is 388 g/mol. The molecule has 4 rings (SSSR count). The molecule has 2 aliphatic rings. The minimum atomic E-state index is -0.0947. The zero-order chi connectivity index (χ0) is 19.3. The highest BCUT2D eigenvalue weighted by Crippen LogP contribution is 2.43. The molecule has 1 fully saturated rings. The number of thioether (sulfide) groups is 1. The quantitative estimate of drug-likeness (QED) is 0.803. The lowest BCUT2D eigenvalue weighted by molar-refractivity contribution is -0.128. The van der Waals surface area contributed by atoms with Gasteiger partial charge in [-0.05, 0) is 52.3 Å². The summed E-state index contributed by atoms with van der Waals surface area (Å²) < 4.78 is 12.9. The second-order valence-electron chi connectivity index (χ2n) is 8.04. The van der Waals surface area contributed by atoms with E-state index in [4.69, 9.17) is 14.6 Å². The van der Waals surface area contributed by atoms with E-state index in [1.165, 1.54) is 0 Å². The average Bonchev–Trinajstić information content (AvgIpc) is 3.27. The Labute approximate surface area is 163 Å². The fourth-order valence-corrected chi connectivity index (χ4v) is 5.11. The van der Waals surface area contributed by atoms with Crippen LogP contribution in [0.2, 0.25) is 0 Å². The molecule has 7 heteroatoms. The van der Waals surface area contributed by atoms with E-state index in [9.17, 15) is 4.79 Å². The number of carbonyl (C=O) groups is 1. The summed E-state index contributed by atoms with van der Waals surface area (Å²) in [6.45, 7) is 11.4. The molecule has 1 saturated heterocycles. The van der Waals surface area contributed by atoms with Gasteiger partial charge in [0.2, 0.25) is 12.7 Å². The zero-order valence-corrected chi connectivity index (χ0v) is 17.2. The third-order valence-electron chi connectivity index (χ3n) is 4.99. The third-order valence-corrected chi connectivity index (χ3v) is 6.21. The van der Waals surface area contributed by atoms with Crippen LogP contribution in [-0.4, -0.2) is 33.1 Å². The lowest BCUT2D eigenvalue weighted by Gasteiger charge is -2.26. The van der Waals surface area contributed by atoms with Gasteiger partial charge in [0.05, 0.1) is 17.0 Å². The second kappa shape index (κ2) is 6.48. The molecule has 0 radical (unpaired) electrons. The van der Waals surface area contributed by atoms with Crippen LogP contribution in [0.25, 0.3) is 0 Å². The van der Waals surface area contributed by atoms with Gasteiger partial charge in [-0.25, -0.2) is 0 Å². The smallest absolute Gasteiger partial charge is 0.234 e. The zero-order valence-electron chi connectivity index (χ0n) is 16.4. The van der Waals surface area contributed by atoms with Crippen molar-refractivity contribution in [2.75, 3.05) is 12.5 Å². The number of hydrogen-bond donors (Lipinski definition) is 0. The Morgan fingerprint density at radius 2 is 1.96 bits per heavy atom. The molecule has 144 valence electrons. The molecular weight excluding hydrogens is 362 g/mol. The molecule has 6 nitrogen and oxygen atoms in total. The molecule has 27 heavy (non-hydrogen) atoms. The number of hydrogen-bond acceptors (Lipinski definition) is 5. The Balaban J connectivity index is 1.65. The number of benzene rings is 1. The van der Waals surface area contributed by atoms with Crippen molar-refractivity contribution in [3.63, 3.8) is 0 Å². The van der Waals surface area contributed by atoms with E-state index >= 15 is 0 Å². The minimum absolute atomic E-state index is 0.0148. The van der Waals surface area contributed by atoms with E-state index in [-0.39, 0.29) is 23.6 Å². The first-order valence-electron chi connectivity index (χ1n) is 9.12. The molecule has 0 N–H and O–H groups in total. The molecule has 1 aromatic heterocycles. The molecule has 2 aromatic rings. The van der Waals surface area contributed by atoms with Gasteiger partial charge in [0, 0.05) is 17.8 Å². The first-order chi connectivity index (χ1) is 12.8. The summed E-state index contributed by atoms with van der Waals surface area (Å²) in [5.74, 6) is 2.16. The van der Waals surface area contributed by atoms with Crippen LogP contribution in [-0.2, 0) is 16.9 Å². The summed E-state index contributed by atoms with van der Waals surface area (Å²) in [7, 11) is 0. The van der Waals surface area contributed by atoms with Crippen molar-refractivity contribution in [2.45, 2.75) is 52.1 Å². The molecule has 1 atom stereocenters. The molecule has 2 aliphatic heterocycles. The van der Waals surface area contributed by atoms with Gasteiger partial charge < -0.3 is 14.4 Å². The van der Waals surface area contributed by atoms with Crippen LogP contribution >= 0.6 is 11.8 Å². The Bertz CT molecular complexity index is 901. The van der Waals surface area contributed by atoms with E-state index in [2.05, 4.69) is 32.4 Å². The van der Waals surface area contributed by atoms with Crippen LogP contribution in [0.4, 0.5) is 0 Å². The van der Waals surface area contributed by atoms with Gasteiger partial charge in [-0.15, -0.1) is 11.8 Å². The molecule has 3 heterocycles. The van der Waals surface area contributed by atoms with Crippen LogP contribution in [0.5, 0.6) is 11.5 Å². The topological polar surface area (TPSA) is 56.6 Å². The number of aryl methyl sites for hydroxylation is 1. The highest BCUT2D eigenvalue weighted by Gasteiger charge is 2.37. The molecule has 1 amide bonds. The summed E-state index contributed by atoms with van der Waals surface area (Å²) >= 11 is 1.68.